The minimum Gasteiger partial charge on any atom is -0.295 e. The maximum atomic E-state index is 11.4. The molecule has 0 saturated carbocycles. The van der Waals surface area contributed by atoms with Gasteiger partial charge in [-0.05, 0) is 44.7 Å². The van der Waals surface area contributed by atoms with E-state index in [1.54, 1.807) is 6.92 Å². The third kappa shape index (κ3) is 6.37. The third-order valence-electron chi connectivity index (χ3n) is 3.17. The summed E-state index contributed by atoms with van der Waals surface area (Å²) in [5, 5.41) is 0. The van der Waals surface area contributed by atoms with E-state index < -0.39 is 0 Å². The van der Waals surface area contributed by atoms with Gasteiger partial charge in [0.1, 0.15) is 0 Å². The Balaban J connectivity index is 0.000000555. The number of allylic oxidation sites excluding steroid dienone is 2. The Kier molecular flexibility index (Phi) is 8.06. The highest BCUT2D eigenvalue weighted by Gasteiger charge is 2.08. The largest absolute Gasteiger partial charge is 0.295 e. The minimum atomic E-state index is 0.126. The van der Waals surface area contributed by atoms with Gasteiger partial charge in [0, 0.05) is 5.57 Å². The molecule has 0 fully saturated rings. The quantitative estimate of drug-likeness (QED) is 0.670. The number of ketones is 1. The van der Waals surface area contributed by atoms with Gasteiger partial charge in [-0.2, -0.15) is 0 Å². The second kappa shape index (κ2) is 8.68. The molecule has 0 unspecified atom stereocenters. The van der Waals surface area contributed by atoms with E-state index in [1.807, 2.05) is 26.8 Å². The van der Waals surface area contributed by atoms with Gasteiger partial charge < -0.3 is 0 Å². The van der Waals surface area contributed by atoms with Crippen LogP contribution in [0.5, 0.6) is 0 Å². The molecule has 0 amide bonds. The summed E-state index contributed by atoms with van der Waals surface area (Å²) >= 11 is 0. The van der Waals surface area contributed by atoms with Gasteiger partial charge in [0.15, 0.2) is 5.78 Å². The Hall–Kier alpha value is -1.37. The molecule has 1 heteroatoms. The van der Waals surface area contributed by atoms with Crippen LogP contribution in [-0.4, -0.2) is 5.78 Å². The summed E-state index contributed by atoms with van der Waals surface area (Å²) in [5.74, 6) is 1.01. The van der Waals surface area contributed by atoms with Crippen LogP contribution in [0.2, 0.25) is 0 Å². The molecule has 0 saturated heterocycles. The molecule has 0 bridgehead atoms. The monoisotopic (exact) mass is 260 g/mol. The fraction of sp³-hybridized carbons (Fsp3) is 0.500. The zero-order valence-corrected chi connectivity index (χ0v) is 13.5. The second-order valence-corrected chi connectivity index (χ2v) is 5.38. The summed E-state index contributed by atoms with van der Waals surface area (Å²) in [6, 6.07) is 6.18. The average molecular weight is 260 g/mol. The lowest BCUT2D eigenvalue weighted by Crippen LogP contribution is -1.98. The highest BCUT2D eigenvalue weighted by molar-refractivity contribution is 6.19. The van der Waals surface area contributed by atoms with E-state index in [2.05, 4.69) is 39.0 Å². The SMILES string of the molecule is C/C=C(/C(C)=O)c1cc(C)ccc1C.CCC(C)C. The maximum absolute atomic E-state index is 11.4. The summed E-state index contributed by atoms with van der Waals surface area (Å²) in [6.45, 7) is 14.2. The number of hydrogen-bond acceptors (Lipinski definition) is 1. The summed E-state index contributed by atoms with van der Waals surface area (Å²) in [4.78, 5) is 11.4. The lowest BCUT2D eigenvalue weighted by atomic mass is 9.96. The normalized spacial score (nSPS) is 11.1. The van der Waals surface area contributed by atoms with Gasteiger partial charge in [-0.3, -0.25) is 4.79 Å². The summed E-state index contributed by atoms with van der Waals surface area (Å²) in [7, 11) is 0. The van der Waals surface area contributed by atoms with Gasteiger partial charge >= 0.3 is 0 Å². The molecule has 0 aliphatic rings. The minimum absolute atomic E-state index is 0.126. The van der Waals surface area contributed by atoms with Crippen LogP contribution in [-0.2, 0) is 4.79 Å². The predicted octanol–water partition coefficient (Wildman–Crippen LogP) is 5.35. The van der Waals surface area contributed by atoms with Crippen molar-refractivity contribution in [2.45, 2.75) is 54.9 Å². The van der Waals surface area contributed by atoms with Gasteiger partial charge in [-0.1, -0.05) is 57.0 Å². The average Bonchev–Trinajstić information content (AvgIpc) is 2.34. The molecule has 0 N–H and O–H groups in total. The van der Waals surface area contributed by atoms with E-state index in [0.717, 1.165) is 22.6 Å². The number of rotatable bonds is 3. The van der Waals surface area contributed by atoms with Gasteiger partial charge in [-0.15, -0.1) is 0 Å². The molecule has 0 spiro atoms. The van der Waals surface area contributed by atoms with Crippen LogP contribution in [0.3, 0.4) is 0 Å². The van der Waals surface area contributed by atoms with Gasteiger partial charge in [0.25, 0.3) is 0 Å². The molecule has 0 aliphatic heterocycles. The van der Waals surface area contributed by atoms with E-state index >= 15 is 0 Å². The lowest BCUT2D eigenvalue weighted by Gasteiger charge is -2.08. The second-order valence-electron chi connectivity index (χ2n) is 5.38. The lowest BCUT2D eigenvalue weighted by molar-refractivity contribution is -0.111. The van der Waals surface area contributed by atoms with Crippen LogP contribution in [0.4, 0.5) is 0 Å². The molecular weight excluding hydrogens is 232 g/mol. The van der Waals surface area contributed by atoms with E-state index in [1.165, 1.54) is 12.0 Å². The first-order valence-corrected chi connectivity index (χ1v) is 7.08. The Bertz CT molecular complexity index is 439. The van der Waals surface area contributed by atoms with Crippen molar-refractivity contribution >= 4 is 11.4 Å². The van der Waals surface area contributed by atoms with E-state index in [4.69, 9.17) is 0 Å². The third-order valence-corrected chi connectivity index (χ3v) is 3.17. The number of benzene rings is 1. The van der Waals surface area contributed by atoms with Gasteiger partial charge in [-0.25, -0.2) is 0 Å². The first-order chi connectivity index (χ1) is 8.83. The van der Waals surface area contributed by atoms with Crippen molar-refractivity contribution in [3.63, 3.8) is 0 Å². The van der Waals surface area contributed by atoms with Crippen molar-refractivity contribution < 1.29 is 4.79 Å². The first kappa shape index (κ1) is 17.6. The van der Waals surface area contributed by atoms with Crippen LogP contribution in [0, 0.1) is 19.8 Å². The van der Waals surface area contributed by atoms with E-state index in [-0.39, 0.29) is 5.78 Å². The van der Waals surface area contributed by atoms with Crippen LogP contribution in [0.25, 0.3) is 5.57 Å². The highest BCUT2D eigenvalue weighted by Crippen LogP contribution is 2.20. The molecule has 1 rings (SSSR count). The summed E-state index contributed by atoms with van der Waals surface area (Å²) in [5.41, 5.74) is 4.20. The number of aryl methyl sites for hydroxylation is 2. The van der Waals surface area contributed by atoms with Crippen LogP contribution < -0.4 is 0 Å². The van der Waals surface area contributed by atoms with Gasteiger partial charge in [0.2, 0.25) is 0 Å². The number of carbonyl (C=O) groups excluding carboxylic acids is 1. The molecular formula is C18H28O. The highest BCUT2D eigenvalue weighted by atomic mass is 16.1. The molecule has 0 heterocycles. The van der Waals surface area contributed by atoms with Crippen LogP contribution in [0.1, 0.15) is 57.7 Å². The topological polar surface area (TPSA) is 17.1 Å². The molecule has 0 atom stereocenters. The fourth-order valence-electron chi connectivity index (χ4n) is 1.57. The Morgan fingerprint density at radius 1 is 1.26 bits per heavy atom. The Morgan fingerprint density at radius 2 is 1.79 bits per heavy atom. The molecule has 1 aromatic carbocycles. The smallest absolute Gasteiger partial charge is 0.160 e. The predicted molar refractivity (Wildman–Crippen MR) is 85.4 cm³/mol. The molecule has 0 aromatic heterocycles. The Labute approximate surface area is 118 Å². The number of carbonyl (C=O) groups is 1. The maximum Gasteiger partial charge on any atom is 0.160 e. The van der Waals surface area contributed by atoms with Crippen LogP contribution in [0.15, 0.2) is 24.3 Å². The molecule has 1 aromatic rings. The van der Waals surface area contributed by atoms with E-state index in [9.17, 15) is 4.79 Å². The van der Waals surface area contributed by atoms with Crippen LogP contribution >= 0.6 is 0 Å². The van der Waals surface area contributed by atoms with Crippen molar-refractivity contribution in [3.8, 4) is 0 Å². The van der Waals surface area contributed by atoms with E-state index in [0.29, 0.717) is 0 Å². The standard InChI is InChI=1S/C13H16O.C5H12/c1-5-12(11(4)14)13-8-9(2)6-7-10(13)3;1-4-5(2)3/h5-8H,1-4H3;5H,4H2,1-3H3/b12-5-;. The molecule has 0 aliphatic carbocycles. The number of hydrogen-bond donors (Lipinski definition) is 0. The van der Waals surface area contributed by atoms with Crippen molar-refractivity contribution in [2.24, 2.45) is 5.92 Å². The van der Waals surface area contributed by atoms with Gasteiger partial charge in [0.05, 0.1) is 0 Å². The zero-order valence-electron chi connectivity index (χ0n) is 13.5. The molecule has 19 heavy (non-hydrogen) atoms. The van der Waals surface area contributed by atoms with Crippen molar-refractivity contribution in [2.75, 3.05) is 0 Å². The summed E-state index contributed by atoms with van der Waals surface area (Å²) in [6.07, 6.45) is 3.18. The molecule has 1 nitrogen and oxygen atoms in total. The van der Waals surface area contributed by atoms with Crippen molar-refractivity contribution in [1.82, 2.24) is 0 Å². The Morgan fingerprint density at radius 3 is 2.16 bits per heavy atom. The fourth-order valence-corrected chi connectivity index (χ4v) is 1.57. The zero-order chi connectivity index (χ0) is 15.0. The summed E-state index contributed by atoms with van der Waals surface area (Å²) < 4.78 is 0. The molecule has 106 valence electrons. The first-order valence-electron chi connectivity index (χ1n) is 7.08. The van der Waals surface area contributed by atoms with Crippen molar-refractivity contribution in [1.29, 1.82) is 0 Å². The van der Waals surface area contributed by atoms with Crippen molar-refractivity contribution in [3.05, 3.63) is 41.0 Å². The molecule has 0 radical (unpaired) electrons. The number of Topliss-reactive ketones (excluding diaryl/α,β-unsaturated/α-hetero) is 1.